The summed E-state index contributed by atoms with van der Waals surface area (Å²) in [5, 5.41) is 19.1. The Kier molecular flexibility index (Phi) is 6.21. The Bertz CT molecular complexity index is 1750. The van der Waals surface area contributed by atoms with Crippen LogP contribution in [0.3, 0.4) is 0 Å². The standard InChI is InChI=1S/C23H18F3N7O5S/c1-33-19-17(20(32-33)31-14-9-39(37,38)15-7-12(22(35)36)2-3-13(14)15)29-10-30-18(19)21(34)28-8-11-4-5-27-16(6-11)23(24,25)26/h2-7,10,14H,8-9H2,1H3,(H,28,34)(H,31,32)(H,35,36). The fourth-order valence-corrected chi connectivity index (χ4v) is 6.04. The molecule has 1 atom stereocenters. The number of alkyl halides is 3. The monoisotopic (exact) mass is 561 g/mol. The van der Waals surface area contributed by atoms with Crippen molar-refractivity contribution in [2.24, 2.45) is 7.05 Å². The first kappa shape index (κ1) is 26.0. The number of aromatic nitrogens is 5. The van der Waals surface area contributed by atoms with Gasteiger partial charge < -0.3 is 15.7 Å². The Hall–Kier alpha value is -4.60. The van der Waals surface area contributed by atoms with Gasteiger partial charge >= 0.3 is 12.1 Å². The van der Waals surface area contributed by atoms with E-state index in [9.17, 15) is 36.3 Å². The van der Waals surface area contributed by atoms with Gasteiger partial charge in [-0.2, -0.15) is 18.3 Å². The number of nitrogens with one attached hydrogen (secondary N) is 2. The average Bonchev–Trinajstić information content (AvgIpc) is 3.34. The van der Waals surface area contributed by atoms with Crippen LogP contribution < -0.4 is 10.6 Å². The zero-order valence-electron chi connectivity index (χ0n) is 19.9. The van der Waals surface area contributed by atoms with E-state index in [0.29, 0.717) is 5.56 Å². The number of carbonyl (C=O) groups excluding carboxylic acids is 1. The summed E-state index contributed by atoms with van der Waals surface area (Å²) in [4.78, 5) is 35.6. The fraction of sp³-hybridized carbons (Fsp3) is 0.217. The van der Waals surface area contributed by atoms with Gasteiger partial charge in [-0.25, -0.2) is 23.2 Å². The SMILES string of the molecule is Cn1nc(NC2CS(=O)(=O)c3cc(C(=O)O)ccc32)c2ncnc(C(=O)NCc3ccnc(C(F)(F)F)c3)c21. The van der Waals surface area contributed by atoms with Gasteiger partial charge in [0.05, 0.1) is 22.3 Å². The van der Waals surface area contributed by atoms with Crippen molar-refractivity contribution >= 4 is 38.6 Å². The summed E-state index contributed by atoms with van der Waals surface area (Å²) in [6.45, 7) is -0.228. The van der Waals surface area contributed by atoms with Gasteiger partial charge in [0.15, 0.2) is 21.3 Å². The average molecular weight is 562 g/mol. The van der Waals surface area contributed by atoms with Crippen LogP contribution in [0, 0.1) is 0 Å². The van der Waals surface area contributed by atoms with E-state index in [1.54, 1.807) is 0 Å². The maximum atomic E-state index is 12.9. The summed E-state index contributed by atoms with van der Waals surface area (Å²) < 4.78 is 65.5. The molecule has 202 valence electrons. The van der Waals surface area contributed by atoms with Gasteiger partial charge in [0.2, 0.25) is 0 Å². The van der Waals surface area contributed by atoms with Crippen LogP contribution in [0.5, 0.6) is 0 Å². The van der Waals surface area contributed by atoms with Crippen LogP contribution in [0.25, 0.3) is 11.0 Å². The number of aryl methyl sites for hydroxylation is 1. The Morgan fingerprint density at radius 2 is 1.92 bits per heavy atom. The first-order valence-electron chi connectivity index (χ1n) is 11.2. The number of benzene rings is 1. The molecule has 0 radical (unpaired) electrons. The minimum absolute atomic E-state index is 0.0976. The lowest BCUT2D eigenvalue weighted by molar-refractivity contribution is -0.141. The van der Waals surface area contributed by atoms with Gasteiger partial charge in [-0.3, -0.25) is 14.5 Å². The third-order valence-corrected chi connectivity index (χ3v) is 7.87. The van der Waals surface area contributed by atoms with Gasteiger partial charge in [0.1, 0.15) is 23.1 Å². The van der Waals surface area contributed by atoms with Crippen LogP contribution in [-0.4, -0.2) is 55.9 Å². The van der Waals surface area contributed by atoms with Gasteiger partial charge in [-0.15, -0.1) is 0 Å². The number of hydrogen-bond donors (Lipinski definition) is 3. The lowest BCUT2D eigenvalue weighted by Crippen LogP contribution is -2.25. The maximum Gasteiger partial charge on any atom is 0.433 e. The molecule has 4 aromatic rings. The minimum atomic E-state index is -4.63. The minimum Gasteiger partial charge on any atom is -0.478 e. The quantitative estimate of drug-likeness (QED) is 0.318. The van der Waals surface area contributed by atoms with Crippen LogP contribution in [-0.2, 0) is 29.6 Å². The van der Waals surface area contributed by atoms with Crippen molar-refractivity contribution in [2.75, 3.05) is 11.1 Å². The van der Waals surface area contributed by atoms with E-state index in [-0.39, 0.29) is 50.9 Å². The molecule has 39 heavy (non-hydrogen) atoms. The number of carboxylic acid groups (broad SMARTS) is 1. The molecular weight excluding hydrogens is 543 g/mol. The summed E-state index contributed by atoms with van der Waals surface area (Å²) in [6.07, 6.45) is -2.53. The van der Waals surface area contributed by atoms with Crippen molar-refractivity contribution < 1.29 is 36.3 Å². The van der Waals surface area contributed by atoms with Crippen molar-refractivity contribution in [1.82, 2.24) is 30.0 Å². The lowest BCUT2D eigenvalue weighted by Gasteiger charge is -2.12. The van der Waals surface area contributed by atoms with Crippen molar-refractivity contribution in [2.45, 2.75) is 23.7 Å². The highest BCUT2D eigenvalue weighted by molar-refractivity contribution is 7.91. The van der Waals surface area contributed by atoms with Crippen LogP contribution in [0.4, 0.5) is 19.0 Å². The first-order valence-corrected chi connectivity index (χ1v) is 12.8. The number of pyridine rings is 1. The molecule has 3 aromatic heterocycles. The summed E-state index contributed by atoms with van der Waals surface area (Å²) in [7, 11) is -2.26. The molecule has 16 heteroatoms. The van der Waals surface area contributed by atoms with Gasteiger partial charge in [0, 0.05) is 19.8 Å². The predicted molar refractivity (Wildman–Crippen MR) is 129 cm³/mol. The van der Waals surface area contributed by atoms with E-state index in [2.05, 4.69) is 30.7 Å². The Labute approximate surface area is 217 Å². The number of rotatable bonds is 6. The molecule has 0 fully saturated rings. The third kappa shape index (κ3) is 4.85. The second kappa shape index (κ2) is 9.30. The molecule has 0 spiro atoms. The molecule has 4 heterocycles. The number of carbonyl (C=O) groups is 2. The van der Waals surface area contributed by atoms with Gasteiger partial charge in [0.25, 0.3) is 5.91 Å². The van der Waals surface area contributed by atoms with E-state index in [0.717, 1.165) is 24.7 Å². The highest BCUT2D eigenvalue weighted by Crippen LogP contribution is 2.37. The van der Waals surface area contributed by atoms with Gasteiger partial charge in [-0.1, -0.05) is 6.07 Å². The number of fused-ring (bicyclic) bond motifs is 2. The Morgan fingerprint density at radius 1 is 1.15 bits per heavy atom. The fourth-order valence-electron chi connectivity index (χ4n) is 4.28. The molecule has 0 saturated heterocycles. The van der Waals surface area contributed by atoms with Crippen LogP contribution >= 0.6 is 0 Å². The Balaban J connectivity index is 1.41. The van der Waals surface area contributed by atoms with Crippen molar-refractivity contribution in [3.63, 3.8) is 0 Å². The molecule has 0 saturated carbocycles. The summed E-state index contributed by atoms with van der Waals surface area (Å²) in [5.41, 5.74) is -0.406. The van der Waals surface area contributed by atoms with Crippen LogP contribution in [0.2, 0.25) is 0 Å². The summed E-state index contributed by atoms with van der Waals surface area (Å²) in [5.74, 6) is -2.15. The zero-order valence-corrected chi connectivity index (χ0v) is 20.7. The molecule has 0 aliphatic carbocycles. The van der Waals surface area contributed by atoms with E-state index in [1.165, 1.54) is 29.9 Å². The highest BCUT2D eigenvalue weighted by atomic mass is 32.2. The number of halogens is 3. The first-order chi connectivity index (χ1) is 18.3. The van der Waals surface area contributed by atoms with Crippen molar-refractivity contribution in [3.8, 4) is 0 Å². The molecular formula is C23H18F3N7O5S. The molecule has 1 unspecified atom stereocenters. The maximum absolute atomic E-state index is 12.9. The smallest absolute Gasteiger partial charge is 0.433 e. The number of anilines is 1. The van der Waals surface area contributed by atoms with E-state index < -0.39 is 39.6 Å². The lowest BCUT2D eigenvalue weighted by atomic mass is 10.1. The van der Waals surface area contributed by atoms with Crippen molar-refractivity contribution in [3.05, 3.63) is 70.9 Å². The highest BCUT2D eigenvalue weighted by Gasteiger charge is 2.36. The number of nitrogens with zero attached hydrogens (tertiary/aromatic N) is 5. The topological polar surface area (TPSA) is 169 Å². The van der Waals surface area contributed by atoms with Crippen LogP contribution in [0.1, 0.15) is 43.7 Å². The second-order valence-corrected chi connectivity index (χ2v) is 10.7. The largest absolute Gasteiger partial charge is 0.478 e. The van der Waals surface area contributed by atoms with E-state index in [1.807, 2.05) is 0 Å². The number of hydrogen-bond acceptors (Lipinski definition) is 9. The number of carboxylic acids is 1. The predicted octanol–water partition coefficient (Wildman–Crippen LogP) is 2.35. The van der Waals surface area contributed by atoms with Crippen LogP contribution in [0.15, 0.2) is 47.8 Å². The molecule has 1 amide bonds. The Morgan fingerprint density at radius 3 is 2.64 bits per heavy atom. The summed E-state index contributed by atoms with van der Waals surface area (Å²) in [6, 6.07) is 5.23. The van der Waals surface area contributed by atoms with E-state index in [4.69, 9.17) is 0 Å². The van der Waals surface area contributed by atoms with E-state index >= 15 is 0 Å². The molecule has 1 aliphatic rings. The molecule has 5 rings (SSSR count). The molecule has 12 nitrogen and oxygen atoms in total. The van der Waals surface area contributed by atoms with Crippen molar-refractivity contribution in [1.29, 1.82) is 0 Å². The number of aromatic carboxylic acids is 1. The molecule has 1 aliphatic heterocycles. The normalized spacial score (nSPS) is 16.2. The molecule has 3 N–H and O–H groups in total. The molecule has 1 aromatic carbocycles. The van der Waals surface area contributed by atoms with Gasteiger partial charge in [-0.05, 0) is 35.4 Å². The zero-order chi connectivity index (χ0) is 28.1. The summed E-state index contributed by atoms with van der Waals surface area (Å²) >= 11 is 0. The number of sulfone groups is 1. The molecule has 0 bridgehead atoms. The third-order valence-electron chi connectivity index (χ3n) is 6.07. The number of amides is 1. The second-order valence-electron chi connectivity index (χ2n) is 8.66.